The predicted molar refractivity (Wildman–Crippen MR) is 80.6 cm³/mol. The van der Waals surface area contributed by atoms with E-state index in [9.17, 15) is 8.42 Å². The molecule has 0 unspecified atom stereocenters. The second-order valence-corrected chi connectivity index (χ2v) is 8.24. The summed E-state index contributed by atoms with van der Waals surface area (Å²) >= 11 is 0. The number of rotatable bonds is 5. The first kappa shape index (κ1) is 14.1. The van der Waals surface area contributed by atoms with Crippen molar-refractivity contribution in [3.63, 3.8) is 0 Å². The molecule has 3 nitrogen and oxygen atoms in total. The Kier molecular flexibility index (Phi) is 3.87. The summed E-state index contributed by atoms with van der Waals surface area (Å²) in [5, 5.41) is 0. The molecule has 0 saturated heterocycles. The van der Waals surface area contributed by atoms with Crippen molar-refractivity contribution in [1.29, 1.82) is 0 Å². The highest BCUT2D eigenvalue weighted by Crippen LogP contribution is 2.49. The third kappa shape index (κ3) is 3.07. The number of hydrogen-bond donors (Lipinski definition) is 1. The third-order valence-electron chi connectivity index (χ3n) is 5.00. The molecular formula is C16H23NO2S. The van der Waals surface area contributed by atoms with Crippen LogP contribution in [0.1, 0.15) is 38.2 Å². The van der Waals surface area contributed by atoms with Crippen LogP contribution < -0.4 is 4.72 Å². The standard InChI is InChI=1S/C16H23NO2S/c1-12(16-10-14-7-8-15(16)9-14)17-20(18,19)11-13-5-3-2-4-6-13/h2-6,12,14-17H,7-11H2,1H3/t12-,14-,15-,16-/m0/s1. The van der Waals surface area contributed by atoms with Crippen LogP contribution in [0.5, 0.6) is 0 Å². The summed E-state index contributed by atoms with van der Waals surface area (Å²) in [7, 11) is -3.24. The molecular weight excluding hydrogens is 270 g/mol. The van der Waals surface area contributed by atoms with Gasteiger partial charge >= 0.3 is 0 Å². The minimum Gasteiger partial charge on any atom is -0.212 e. The Morgan fingerprint density at radius 1 is 1.20 bits per heavy atom. The number of hydrogen-bond acceptors (Lipinski definition) is 2. The molecule has 110 valence electrons. The van der Waals surface area contributed by atoms with Gasteiger partial charge in [0.15, 0.2) is 0 Å². The Balaban J connectivity index is 1.61. The molecule has 1 aromatic carbocycles. The molecule has 0 aliphatic heterocycles. The SMILES string of the molecule is C[C@H](NS(=O)(=O)Cc1ccccc1)[C@@H]1C[C@H]2CC[C@H]1C2. The Morgan fingerprint density at radius 2 is 1.95 bits per heavy atom. The maximum absolute atomic E-state index is 12.3. The van der Waals surface area contributed by atoms with Gasteiger partial charge in [-0.05, 0) is 49.5 Å². The molecule has 0 aromatic heterocycles. The van der Waals surface area contributed by atoms with Crippen molar-refractivity contribution in [3.8, 4) is 0 Å². The van der Waals surface area contributed by atoms with Gasteiger partial charge < -0.3 is 0 Å². The van der Waals surface area contributed by atoms with Crippen molar-refractivity contribution in [2.45, 2.75) is 44.4 Å². The lowest BCUT2D eigenvalue weighted by Crippen LogP contribution is -2.40. The molecule has 1 aromatic rings. The molecule has 2 aliphatic rings. The fraction of sp³-hybridized carbons (Fsp3) is 0.625. The van der Waals surface area contributed by atoms with Crippen molar-refractivity contribution in [1.82, 2.24) is 4.72 Å². The van der Waals surface area contributed by atoms with Crippen LogP contribution in [0.15, 0.2) is 30.3 Å². The second kappa shape index (κ2) is 5.49. The van der Waals surface area contributed by atoms with E-state index in [1.165, 1.54) is 25.7 Å². The summed E-state index contributed by atoms with van der Waals surface area (Å²) in [5.41, 5.74) is 0.847. The normalized spacial score (nSPS) is 30.6. The van der Waals surface area contributed by atoms with E-state index >= 15 is 0 Å². The van der Waals surface area contributed by atoms with Gasteiger partial charge in [0.25, 0.3) is 0 Å². The van der Waals surface area contributed by atoms with Gasteiger partial charge in [-0.2, -0.15) is 0 Å². The van der Waals surface area contributed by atoms with Crippen LogP contribution in [0.2, 0.25) is 0 Å². The highest BCUT2D eigenvalue weighted by Gasteiger charge is 2.42. The van der Waals surface area contributed by atoms with Gasteiger partial charge in [0.05, 0.1) is 5.75 Å². The van der Waals surface area contributed by atoms with Crippen LogP contribution in [0, 0.1) is 17.8 Å². The van der Waals surface area contributed by atoms with Crippen LogP contribution in [0.4, 0.5) is 0 Å². The number of nitrogens with one attached hydrogen (secondary N) is 1. The first-order valence-electron chi connectivity index (χ1n) is 7.57. The van der Waals surface area contributed by atoms with Crippen molar-refractivity contribution < 1.29 is 8.42 Å². The molecule has 0 amide bonds. The van der Waals surface area contributed by atoms with Crippen molar-refractivity contribution in [2.75, 3.05) is 0 Å². The van der Waals surface area contributed by atoms with Gasteiger partial charge in [-0.15, -0.1) is 0 Å². The fourth-order valence-electron chi connectivity index (χ4n) is 4.11. The molecule has 2 saturated carbocycles. The molecule has 3 rings (SSSR count). The van der Waals surface area contributed by atoms with Crippen molar-refractivity contribution in [2.24, 2.45) is 17.8 Å². The van der Waals surface area contributed by atoms with Crippen LogP contribution in [0.25, 0.3) is 0 Å². The van der Waals surface area contributed by atoms with Crippen LogP contribution >= 0.6 is 0 Å². The summed E-state index contributed by atoms with van der Waals surface area (Å²) in [4.78, 5) is 0. The zero-order valence-corrected chi connectivity index (χ0v) is 12.8. The molecule has 2 bridgehead atoms. The van der Waals surface area contributed by atoms with E-state index in [0.29, 0.717) is 5.92 Å². The highest BCUT2D eigenvalue weighted by molar-refractivity contribution is 7.88. The number of fused-ring (bicyclic) bond motifs is 2. The van der Waals surface area contributed by atoms with E-state index in [0.717, 1.165) is 17.4 Å². The van der Waals surface area contributed by atoms with Crippen LogP contribution in [-0.4, -0.2) is 14.5 Å². The molecule has 2 aliphatic carbocycles. The minimum absolute atomic E-state index is 0.0685. The lowest BCUT2D eigenvalue weighted by atomic mass is 9.84. The first-order chi connectivity index (χ1) is 9.53. The lowest BCUT2D eigenvalue weighted by Gasteiger charge is -2.28. The molecule has 0 heterocycles. The smallest absolute Gasteiger partial charge is 0.212 e. The summed E-state index contributed by atoms with van der Waals surface area (Å²) < 4.78 is 27.4. The summed E-state index contributed by atoms with van der Waals surface area (Å²) in [6.45, 7) is 2.04. The molecule has 0 spiro atoms. The van der Waals surface area contributed by atoms with E-state index in [1.807, 2.05) is 37.3 Å². The van der Waals surface area contributed by atoms with Crippen LogP contribution in [-0.2, 0) is 15.8 Å². The van der Waals surface area contributed by atoms with Gasteiger partial charge in [0.1, 0.15) is 0 Å². The van der Waals surface area contributed by atoms with Gasteiger partial charge in [0.2, 0.25) is 10.0 Å². The Morgan fingerprint density at radius 3 is 2.55 bits per heavy atom. The highest BCUT2D eigenvalue weighted by atomic mass is 32.2. The maximum Gasteiger partial charge on any atom is 0.216 e. The predicted octanol–water partition coefficient (Wildman–Crippen LogP) is 2.93. The fourth-order valence-corrected chi connectivity index (χ4v) is 5.57. The lowest BCUT2D eigenvalue weighted by molar-refractivity contribution is 0.280. The summed E-state index contributed by atoms with van der Waals surface area (Å²) in [6.07, 6.45) is 5.17. The quantitative estimate of drug-likeness (QED) is 0.907. The summed E-state index contributed by atoms with van der Waals surface area (Å²) in [6, 6.07) is 9.46. The molecule has 0 radical (unpaired) electrons. The first-order valence-corrected chi connectivity index (χ1v) is 9.22. The van der Waals surface area contributed by atoms with Gasteiger partial charge in [-0.3, -0.25) is 0 Å². The number of sulfonamides is 1. The summed E-state index contributed by atoms with van der Waals surface area (Å²) in [5.74, 6) is 2.22. The van der Waals surface area contributed by atoms with E-state index in [4.69, 9.17) is 0 Å². The Labute approximate surface area is 121 Å². The van der Waals surface area contributed by atoms with Gasteiger partial charge in [-0.25, -0.2) is 13.1 Å². The molecule has 20 heavy (non-hydrogen) atoms. The van der Waals surface area contributed by atoms with Crippen LogP contribution in [0.3, 0.4) is 0 Å². The molecule has 1 N–H and O–H groups in total. The van der Waals surface area contributed by atoms with E-state index in [1.54, 1.807) is 0 Å². The Hall–Kier alpha value is -0.870. The monoisotopic (exact) mass is 293 g/mol. The molecule has 2 fully saturated rings. The number of benzene rings is 1. The maximum atomic E-state index is 12.3. The third-order valence-corrected chi connectivity index (χ3v) is 6.44. The topological polar surface area (TPSA) is 46.2 Å². The van der Waals surface area contributed by atoms with E-state index in [-0.39, 0.29) is 11.8 Å². The van der Waals surface area contributed by atoms with E-state index < -0.39 is 10.0 Å². The minimum atomic E-state index is -3.24. The Bertz CT molecular complexity index is 555. The zero-order valence-electron chi connectivity index (χ0n) is 12.0. The van der Waals surface area contributed by atoms with Gasteiger partial charge in [-0.1, -0.05) is 36.8 Å². The molecule has 4 heteroatoms. The average molecular weight is 293 g/mol. The average Bonchev–Trinajstić information content (AvgIpc) is 3.01. The largest absolute Gasteiger partial charge is 0.216 e. The van der Waals surface area contributed by atoms with Crippen molar-refractivity contribution >= 4 is 10.0 Å². The van der Waals surface area contributed by atoms with Gasteiger partial charge in [0, 0.05) is 6.04 Å². The molecule has 4 atom stereocenters. The van der Waals surface area contributed by atoms with Crippen molar-refractivity contribution in [3.05, 3.63) is 35.9 Å². The van der Waals surface area contributed by atoms with E-state index in [2.05, 4.69) is 4.72 Å². The second-order valence-electron chi connectivity index (χ2n) is 6.49. The zero-order chi connectivity index (χ0) is 14.2.